The number of H-pyrrole nitrogens is 1. The number of nitrogens with one attached hydrogen (secondary N) is 2. The van der Waals surface area contributed by atoms with Crippen molar-refractivity contribution in [2.24, 2.45) is 0 Å². The monoisotopic (exact) mass is 468 g/mol. The first-order valence-electron chi connectivity index (χ1n) is 11.1. The van der Waals surface area contributed by atoms with Gasteiger partial charge in [-0.15, -0.1) is 0 Å². The molecule has 0 fully saturated rings. The van der Waals surface area contributed by atoms with Gasteiger partial charge in [0.1, 0.15) is 5.52 Å². The standard InChI is InChI=1S/C27H24N4O4/c1-16(18-10-11-24(34-2)25(13-18)35-3)28-26(32)21-14-23-27(33)29-22(15-31(23)30-21)20-9-8-17-6-4-5-7-19(17)12-20/h4-16H,1-3H3,(H,28,32)(H,29,33). The summed E-state index contributed by atoms with van der Waals surface area (Å²) in [6.45, 7) is 1.86. The maximum absolute atomic E-state index is 12.9. The maximum Gasteiger partial charge on any atom is 0.274 e. The Kier molecular flexibility index (Phi) is 5.70. The van der Waals surface area contributed by atoms with Gasteiger partial charge < -0.3 is 19.8 Å². The van der Waals surface area contributed by atoms with E-state index in [0.29, 0.717) is 22.7 Å². The van der Waals surface area contributed by atoms with Crippen LogP contribution in [0.4, 0.5) is 0 Å². The number of fused-ring (bicyclic) bond motifs is 2. The molecule has 2 aromatic heterocycles. The van der Waals surface area contributed by atoms with Crippen molar-refractivity contribution in [3.8, 4) is 22.8 Å². The highest BCUT2D eigenvalue weighted by atomic mass is 16.5. The van der Waals surface area contributed by atoms with Crippen LogP contribution in [0.2, 0.25) is 0 Å². The van der Waals surface area contributed by atoms with Crippen LogP contribution in [-0.2, 0) is 0 Å². The minimum atomic E-state index is -0.386. The molecule has 1 amide bonds. The molecular formula is C27H24N4O4. The van der Waals surface area contributed by atoms with Gasteiger partial charge in [-0.2, -0.15) is 5.10 Å². The van der Waals surface area contributed by atoms with Gasteiger partial charge in [0.2, 0.25) is 0 Å². The molecule has 0 saturated heterocycles. The van der Waals surface area contributed by atoms with Crippen molar-refractivity contribution < 1.29 is 14.3 Å². The number of ether oxygens (including phenoxy) is 2. The molecule has 0 spiro atoms. The Balaban J connectivity index is 1.42. The van der Waals surface area contributed by atoms with Crippen molar-refractivity contribution in [2.75, 3.05) is 14.2 Å². The molecule has 1 unspecified atom stereocenters. The third kappa shape index (κ3) is 4.21. The lowest BCUT2D eigenvalue weighted by Crippen LogP contribution is -2.27. The molecule has 5 aromatic rings. The summed E-state index contributed by atoms with van der Waals surface area (Å²) in [5.41, 5.74) is 2.43. The zero-order valence-electron chi connectivity index (χ0n) is 19.5. The number of aromatic amines is 1. The van der Waals surface area contributed by atoms with Crippen molar-refractivity contribution in [2.45, 2.75) is 13.0 Å². The van der Waals surface area contributed by atoms with E-state index in [4.69, 9.17) is 9.47 Å². The van der Waals surface area contributed by atoms with Crippen LogP contribution in [0.25, 0.3) is 27.5 Å². The molecule has 8 heteroatoms. The Labute approximate surface area is 201 Å². The van der Waals surface area contributed by atoms with Crippen molar-refractivity contribution in [1.82, 2.24) is 19.9 Å². The zero-order valence-corrected chi connectivity index (χ0v) is 19.5. The summed E-state index contributed by atoms with van der Waals surface area (Å²) >= 11 is 0. The Bertz CT molecular complexity index is 1620. The summed E-state index contributed by atoms with van der Waals surface area (Å²) in [6.07, 6.45) is 1.72. The van der Waals surface area contributed by atoms with Crippen LogP contribution < -0.4 is 20.3 Å². The number of nitrogens with zero attached hydrogens (tertiary/aromatic N) is 2. The van der Waals surface area contributed by atoms with Crippen LogP contribution in [0.1, 0.15) is 29.0 Å². The SMILES string of the molecule is COc1ccc(C(C)NC(=O)c2cc3c(=O)[nH]c(-c4ccc5ccccc5c4)cn3n2)cc1OC. The van der Waals surface area contributed by atoms with Gasteiger partial charge in [0.05, 0.1) is 32.2 Å². The van der Waals surface area contributed by atoms with E-state index in [1.807, 2.05) is 61.5 Å². The molecule has 0 bridgehead atoms. The summed E-state index contributed by atoms with van der Waals surface area (Å²) < 4.78 is 12.1. The van der Waals surface area contributed by atoms with Gasteiger partial charge in [-0.05, 0) is 41.5 Å². The molecule has 2 N–H and O–H groups in total. The Morgan fingerprint density at radius 3 is 2.51 bits per heavy atom. The number of carbonyl (C=O) groups is 1. The number of carbonyl (C=O) groups excluding carboxylic acids is 1. The predicted octanol–water partition coefficient (Wildman–Crippen LogP) is 4.35. The minimum Gasteiger partial charge on any atom is -0.493 e. The van der Waals surface area contributed by atoms with E-state index in [1.165, 1.54) is 10.6 Å². The highest BCUT2D eigenvalue weighted by molar-refractivity contribution is 5.94. The van der Waals surface area contributed by atoms with E-state index in [9.17, 15) is 9.59 Å². The van der Waals surface area contributed by atoms with Crippen molar-refractivity contribution in [3.05, 3.63) is 94.5 Å². The molecule has 0 aliphatic carbocycles. The molecule has 35 heavy (non-hydrogen) atoms. The highest BCUT2D eigenvalue weighted by Gasteiger charge is 2.18. The second-order valence-electron chi connectivity index (χ2n) is 8.23. The van der Waals surface area contributed by atoms with E-state index in [-0.39, 0.29) is 23.2 Å². The lowest BCUT2D eigenvalue weighted by atomic mass is 10.1. The first-order valence-corrected chi connectivity index (χ1v) is 11.1. The Morgan fingerprint density at radius 2 is 1.74 bits per heavy atom. The molecule has 3 aromatic carbocycles. The van der Waals surface area contributed by atoms with Crippen LogP contribution >= 0.6 is 0 Å². The minimum absolute atomic E-state index is 0.151. The summed E-state index contributed by atoms with van der Waals surface area (Å²) in [7, 11) is 3.13. The molecule has 8 nitrogen and oxygen atoms in total. The van der Waals surface area contributed by atoms with Gasteiger partial charge in [-0.1, -0.05) is 42.5 Å². The number of hydrogen-bond acceptors (Lipinski definition) is 5. The predicted molar refractivity (Wildman–Crippen MR) is 134 cm³/mol. The van der Waals surface area contributed by atoms with Crippen molar-refractivity contribution in [3.63, 3.8) is 0 Å². The molecule has 0 aliphatic rings. The summed E-state index contributed by atoms with van der Waals surface area (Å²) in [5.74, 6) is 0.797. The molecule has 0 radical (unpaired) electrons. The molecule has 176 valence electrons. The van der Waals surface area contributed by atoms with E-state index in [0.717, 1.165) is 21.9 Å². The number of rotatable bonds is 6. The average Bonchev–Trinajstić information content (AvgIpc) is 3.33. The number of aromatic nitrogens is 3. The lowest BCUT2D eigenvalue weighted by molar-refractivity contribution is 0.0934. The van der Waals surface area contributed by atoms with Crippen LogP contribution in [0.15, 0.2) is 77.7 Å². The van der Waals surface area contributed by atoms with Gasteiger partial charge in [0, 0.05) is 11.6 Å². The third-order valence-corrected chi connectivity index (χ3v) is 6.02. The third-order valence-electron chi connectivity index (χ3n) is 6.02. The zero-order chi connectivity index (χ0) is 24.5. The Hall–Kier alpha value is -4.59. The molecule has 0 aliphatic heterocycles. The van der Waals surface area contributed by atoms with E-state index >= 15 is 0 Å². The fourth-order valence-corrected chi connectivity index (χ4v) is 4.09. The number of hydrogen-bond donors (Lipinski definition) is 2. The second-order valence-corrected chi connectivity index (χ2v) is 8.23. The van der Waals surface area contributed by atoms with Gasteiger partial charge in [0.15, 0.2) is 17.2 Å². The number of amides is 1. The van der Waals surface area contributed by atoms with Gasteiger partial charge >= 0.3 is 0 Å². The summed E-state index contributed by atoms with van der Waals surface area (Å²) in [5, 5.41) is 9.47. The molecule has 5 rings (SSSR count). The van der Waals surface area contributed by atoms with Crippen LogP contribution in [0.3, 0.4) is 0 Å². The topological polar surface area (TPSA) is 97.7 Å². The van der Waals surface area contributed by atoms with Gasteiger partial charge in [-0.25, -0.2) is 4.52 Å². The maximum atomic E-state index is 12.9. The fraction of sp³-hybridized carbons (Fsp3) is 0.148. The highest BCUT2D eigenvalue weighted by Crippen LogP contribution is 2.30. The Morgan fingerprint density at radius 1 is 0.971 bits per heavy atom. The first-order chi connectivity index (χ1) is 17.0. The van der Waals surface area contributed by atoms with E-state index < -0.39 is 0 Å². The first kappa shape index (κ1) is 22.2. The normalized spacial score (nSPS) is 12.0. The second kappa shape index (κ2) is 8.98. The molecule has 0 saturated carbocycles. The number of benzene rings is 3. The smallest absolute Gasteiger partial charge is 0.274 e. The van der Waals surface area contributed by atoms with Gasteiger partial charge in [0.25, 0.3) is 11.5 Å². The fourth-order valence-electron chi connectivity index (χ4n) is 4.09. The van der Waals surface area contributed by atoms with E-state index in [2.05, 4.69) is 15.4 Å². The largest absolute Gasteiger partial charge is 0.493 e. The van der Waals surface area contributed by atoms with Crippen molar-refractivity contribution >= 4 is 22.2 Å². The number of methoxy groups -OCH3 is 2. The van der Waals surface area contributed by atoms with E-state index in [1.54, 1.807) is 26.5 Å². The molecule has 1 atom stereocenters. The summed E-state index contributed by atoms with van der Waals surface area (Å²) in [4.78, 5) is 28.6. The molecule has 2 heterocycles. The van der Waals surface area contributed by atoms with Gasteiger partial charge in [-0.3, -0.25) is 9.59 Å². The molecular weight excluding hydrogens is 444 g/mol. The van der Waals surface area contributed by atoms with Crippen molar-refractivity contribution in [1.29, 1.82) is 0 Å². The lowest BCUT2D eigenvalue weighted by Gasteiger charge is -2.16. The quantitative estimate of drug-likeness (QED) is 0.386. The van der Waals surface area contributed by atoms with Crippen LogP contribution in [-0.4, -0.2) is 34.7 Å². The average molecular weight is 469 g/mol. The summed E-state index contributed by atoms with van der Waals surface area (Å²) in [6, 6.07) is 20.6. The van der Waals surface area contributed by atoms with Crippen LogP contribution in [0.5, 0.6) is 11.5 Å². The van der Waals surface area contributed by atoms with Crippen LogP contribution in [0, 0.1) is 0 Å².